The van der Waals surface area contributed by atoms with Crippen molar-refractivity contribution in [3.8, 4) is 17.0 Å². The molecule has 10 nitrogen and oxygen atoms in total. The predicted molar refractivity (Wildman–Crippen MR) is 145 cm³/mol. The van der Waals surface area contributed by atoms with Crippen LogP contribution < -0.4 is 20.5 Å². The van der Waals surface area contributed by atoms with Gasteiger partial charge >= 0.3 is 12.1 Å². The second-order valence-corrected chi connectivity index (χ2v) is 9.21. The minimum atomic E-state index is -5.08. The van der Waals surface area contributed by atoms with Gasteiger partial charge in [-0.25, -0.2) is 9.78 Å². The van der Waals surface area contributed by atoms with Crippen LogP contribution in [0.15, 0.2) is 47.3 Å². The number of aromatic amines is 2. The molecule has 5 aromatic rings. The number of H-pyrrole nitrogens is 2. The second kappa shape index (κ2) is 10.5. The fourth-order valence-corrected chi connectivity index (χ4v) is 4.81. The summed E-state index contributed by atoms with van der Waals surface area (Å²) in [5.74, 6) is -2.01. The number of ether oxygens (including phenoxy) is 1. The van der Waals surface area contributed by atoms with Crippen molar-refractivity contribution in [1.82, 2.24) is 25.5 Å². The second-order valence-electron chi connectivity index (χ2n) is 9.21. The van der Waals surface area contributed by atoms with E-state index in [0.29, 0.717) is 16.7 Å². The van der Waals surface area contributed by atoms with Crippen molar-refractivity contribution >= 4 is 44.4 Å². The van der Waals surface area contributed by atoms with Crippen molar-refractivity contribution in [1.29, 1.82) is 0 Å². The Balaban J connectivity index is 0.000000411. The summed E-state index contributed by atoms with van der Waals surface area (Å²) in [6, 6.07) is 13.9. The molecule has 4 N–H and O–H groups in total. The van der Waals surface area contributed by atoms with E-state index in [9.17, 15) is 18.0 Å². The fourth-order valence-electron chi connectivity index (χ4n) is 4.81. The Morgan fingerprint density at radius 2 is 1.73 bits per heavy atom. The van der Waals surface area contributed by atoms with Crippen molar-refractivity contribution in [3.05, 3.63) is 58.5 Å². The average Bonchev–Trinajstić information content (AvgIpc) is 3.33. The number of carboxylic acids is 1. The van der Waals surface area contributed by atoms with Gasteiger partial charge < -0.3 is 25.0 Å². The van der Waals surface area contributed by atoms with Crippen molar-refractivity contribution in [2.75, 3.05) is 38.2 Å². The molecule has 0 spiro atoms. The zero-order valence-corrected chi connectivity index (χ0v) is 21.5. The van der Waals surface area contributed by atoms with E-state index < -0.39 is 12.1 Å². The van der Waals surface area contributed by atoms with Crippen molar-refractivity contribution in [2.45, 2.75) is 13.1 Å². The lowest BCUT2D eigenvalue weighted by Crippen LogP contribution is -2.43. The number of aromatic nitrogens is 4. The number of piperazine rings is 1. The molecule has 2 aromatic carbocycles. The molecule has 40 heavy (non-hydrogen) atoms. The molecule has 0 unspecified atom stereocenters. The van der Waals surface area contributed by atoms with Gasteiger partial charge in [0.2, 0.25) is 0 Å². The van der Waals surface area contributed by atoms with E-state index >= 15 is 0 Å². The Labute approximate surface area is 224 Å². The predicted octanol–water partition coefficient (Wildman–Crippen LogP) is 3.98. The van der Waals surface area contributed by atoms with Gasteiger partial charge in [-0.2, -0.15) is 18.3 Å². The van der Waals surface area contributed by atoms with E-state index in [1.807, 2.05) is 31.2 Å². The summed E-state index contributed by atoms with van der Waals surface area (Å²) >= 11 is 0. The first-order valence-corrected chi connectivity index (χ1v) is 12.3. The number of fused-ring (bicyclic) bond motifs is 5. The maximum Gasteiger partial charge on any atom is 0.490 e. The van der Waals surface area contributed by atoms with Crippen LogP contribution in [0.5, 0.6) is 5.75 Å². The Bertz CT molecular complexity index is 1770. The van der Waals surface area contributed by atoms with E-state index in [1.165, 1.54) is 0 Å². The number of nitrogens with one attached hydrogen (secondary N) is 3. The highest BCUT2D eigenvalue weighted by Gasteiger charge is 2.38. The summed E-state index contributed by atoms with van der Waals surface area (Å²) in [5, 5.41) is 21.3. The molecule has 1 saturated heterocycles. The van der Waals surface area contributed by atoms with Gasteiger partial charge in [0.25, 0.3) is 5.56 Å². The number of rotatable bonds is 3. The van der Waals surface area contributed by atoms with Crippen LogP contribution in [0.25, 0.3) is 44.0 Å². The number of benzene rings is 2. The van der Waals surface area contributed by atoms with E-state index in [4.69, 9.17) is 19.6 Å². The van der Waals surface area contributed by atoms with E-state index in [0.717, 1.165) is 70.5 Å². The van der Waals surface area contributed by atoms with Gasteiger partial charge in [0.1, 0.15) is 5.75 Å². The zero-order valence-electron chi connectivity index (χ0n) is 21.5. The van der Waals surface area contributed by atoms with Crippen LogP contribution in [0, 0.1) is 6.92 Å². The SMILES string of the molecule is COc1ccc(-c2nc3n[nH]c(C)c3c3c2c(=O)[nH]c2cc(N4CCNCC4)ccc23)cc1.O=C(O)C(F)(F)F. The topological polar surface area (TPSA) is 136 Å². The Morgan fingerprint density at radius 1 is 1.05 bits per heavy atom. The summed E-state index contributed by atoms with van der Waals surface area (Å²) in [5.41, 5.74) is 4.72. The number of alkyl halides is 3. The zero-order chi connectivity index (χ0) is 28.6. The largest absolute Gasteiger partial charge is 0.497 e. The molecule has 208 valence electrons. The average molecular weight is 555 g/mol. The van der Waals surface area contributed by atoms with Crippen LogP contribution >= 0.6 is 0 Å². The molecular weight excluding hydrogens is 529 g/mol. The minimum Gasteiger partial charge on any atom is -0.497 e. The molecule has 3 aromatic heterocycles. The molecule has 0 radical (unpaired) electrons. The van der Waals surface area contributed by atoms with Crippen molar-refractivity contribution in [2.24, 2.45) is 0 Å². The summed E-state index contributed by atoms with van der Waals surface area (Å²) in [4.78, 5) is 32.7. The van der Waals surface area contributed by atoms with Crippen LogP contribution in [0.4, 0.5) is 18.9 Å². The number of nitrogens with zero attached hydrogens (tertiary/aromatic N) is 3. The number of aliphatic carboxylic acids is 1. The van der Waals surface area contributed by atoms with Crippen LogP contribution in [0.3, 0.4) is 0 Å². The lowest BCUT2D eigenvalue weighted by molar-refractivity contribution is -0.192. The molecule has 1 aliphatic rings. The summed E-state index contributed by atoms with van der Waals surface area (Å²) in [6.45, 7) is 5.77. The minimum absolute atomic E-state index is 0.157. The Kier molecular flexibility index (Phi) is 7.06. The maximum absolute atomic E-state index is 13.5. The number of hydrogen-bond donors (Lipinski definition) is 4. The number of hydrogen-bond acceptors (Lipinski definition) is 7. The standard InChI is InChI=1S/C25H24N6O2.C2HF3O2/c1-14-20-21-18-8-5-16(31-11-9-26-10-12-31)13-19(18)27-25(32)22(21)23(28-24(20)30-29-14)15-3-6-17(33-2)7-4-15;3-2(4,5)1(6)7/h3-8,13,26H,9-12H2,1-2H3,(H,27,32)(H,28,29,30);(H,6,7). The van der Waals surface area contributed by atoms with Gasteiger partial charge in [0.15, 0.2) is 5.65 Å². The number of anilines is 1. The van der Waals surface area contributed by atoms with Crippen LogP contribution in [0.1, 0.15) is 5.69 Å². The lowest BCUT2D eigenvalue weighted by atomic mass is 9.98. The number of carbonyl (C=O) groups is 1. The number of pyridine rings is 2. The fraction of sp³-hybridized carbons (Fsp3) is 0.259. The molecule has 0 saturated carbocycles. The first-order chi connectivity index (χ1) is 19.1. The molecule has 1 aliphatic heterocycles. The first kappa shape index (κ1) is 26.9. The van der Waals surface area contributed by atoms with Gasteiger partial charge in [-0.05, 0) is 43.3 Å². The highest BCUT2D eigenvalue weighted by molar-refractivity contribution is 6.21. The quantitative estimate of drug-likeness (QED) is 0.246. The third kappa shape index (κ3) is 5.02. The van der Waals surface area contributed by atoms with Crippen LogP contribution in [0.2, 0.25) is 0 Å². The Morgan fingerprint density at radius 3 is 2.35 bits per heavy atom. The van der Waals surface area contributed by atoms with Crippen LogP contribution in [-0.2, 0) is 4.79 Å². The van der Waals surface area contributed by atoms with Gasteiger partial charge in [-0.15, -0.1) is 0 Å². The Hall–Kier alpha value is -4.65. The van der Waals surface area contributed by atoms with E-state index in [2.05, 4.69) is 43.6 Å². The number of aryl methyl sites for hydroxylation is 1. The van der Waals surface area contributed by atoms with E-state index in [1.54, 1.807) is 7.11 Å². The highest BCUT2D eigenvalue weighted by atomic mass is 19.4. The number of carboxylic acid groups (broad SMARTS) is 1. The normalized spacial score (nSPS) is 13.9. The maximum atomic E-state index is 13.5. The molecular formula is C27H25F3N6O4. The number of methoxy groups -OCH3 is 1. The summed E-state index contributed by atoms with van der Waals surface area (Å²) in [6.07, 6.45) is -5.08. The molecule has 1 fully saturated rings. The molecule has 13 heteroatoms. The third-order valence-electron chi connectivity index (χ3n) is 6.72. The number of halogens is 3. The lowest BCUT2D eigenvalue weighted by Gasteiger charge is -2.29. The monoisotopic (exact) mass is 554 g/mol. The molecule has 4 heterocycles. The van der Waals surface area contributed by atoms with Gasteiger partial charge in [-0.1, -0.05) is 6.07 Å². The molecule has 0 amide bonds. The smallest absolute Gasteiger partial charge is 0.490 e. The highest BCUT2D eigenvalue weighted by Crippen LogP contribution is 2.36. The van der Waals surface area contributed by atoms with Gasteiger partial charge in [0.05, 0.1) is 29.1 Å². The van der Waals surface area contributed by atoms with Crippen molar-refractivity contribution < 1.29 is 27.8 Å². The molecule has 0 aliphatic carbocycles. The molecule has 0 bridgehead atoms. The molecule has 6 rings (SSSR count). The first-order valence-electron chi connectivity index (χ1n) is 12.3. The van der Waals surface area contributed by atoms with Crippen molar-refractivity contribution in [3.63, 3.8) is 0 Å². The van der Waals surface area contributed by atoms with Gasteiger partial charge in [-0.3, -0.25) is 9.89 Å². The van der Waals surface area contributed by atoms with E-state index in [-0.39, 0.29) is 5.56 Å². The summed E-state index contributed by atoms with van der Waals surface area (Å²) < 4.78 is 37.0. The van der Waals surface area contributed by atoms with Gasteiger partial charge in [0, 0.05) is 53.9 Å². The summed E-state index contributed by atoms with van der Waals surface area (Å²) in [7, 11) is 1.63. The molecule has 0 atom stereocenters. The van der Waals surface area contributed by atoms with Crippen LogP contribution in [-0.4, -0.2) is 70.7 Å². The third-order valence-corrected chi connectivity index (χ3v) is 6.72.